The summed E-state index contributed by atoms with van der Waals surface area (Å²) in [7, 11) is 0. The second-order valence-electron chi connectivity index (χ2n) is 3.44. The fourth-order valence-corrected chi connectivity index (χ4v) is 1.21. The summed E-state index contributed by atoms with van der Waals surface area (Å²) in [5.74, 6) is -4.03. The van der Waals surface area contributed by atoms with Crippen LogP contribution < -0.4 is 15.5 Å². The standard InChI is InChI=1S/C11H11NO6/c13-8-2-1-6(5-7(8)11(17)18)12-9(14)3-4-10(15)16/h1-2,5,13H,3-4H2,(H,12,14)(H,15,16)(H,17,18)/p-2. The predicted octanol–water partition coefficient (Wildman–Crippen LogP) is -1.07. The molecule has 7 nitrogen and oxygen atoms in total. The first-order chi connectivity index (χ1) is 8.40. The molecule has 96 valence electrons. The molecular formula is C11H9NO6-2. The highest BCUT2D eigenvalue weighted by molar-refractivity contribution is 5.96. The van der Waals surface area contributed by atoms with Crippen molar-refractivity contribution in [2.24, 2.45) is 0 Å². The summed E-state index contributed by atoms with van der Waals surface area (Å²) >= 11 is 0. The van der Waals surface area contributed by atoms with Crippen LogP contribution in [0.25, 0.3) is 0 Å². The lowest BCUT2D eigenvalue weighted by molar-refractivity contribution is -0.305. The van der Waals surface area contributed by atoms with E-state index in [1.54, 1.807) is 0 Å². The molecule has 0 radical (unpaired) electrons. The number of carbonyl (C=O) groups excluding carboxylic acids is 2. The van der Waals surface area contributed by atoms with Gasteiger partial charge in [-0.2, -0.15) is 0 Å². The minimum Gasteiger partial charge on any atom is -0.872 e. The smallest absolute Gasteiger partial charge is 0.335 e. The van der Waals surface area contributed by atoms with Gasteiger partial charge in [-0.1, -0.05) is 11.8 Å². The van der Waals surface area contributed by atoms with E-state index in [1.165, 1.54) is 6.07 Å². The van der Waals surface area contributed by atoms with Gasteiger partial charge in [0.25, 0.3) is 0 Å². The number of aromatic carboxylic acids is 1. The normalized spacial score (nSPS) is 9.78. The molecule has 0 spiro atoms. The number of rotatable bonds is 5. The molecule has 2 N–H and O–H groups in total. The number of carbonyl (C=O) groups is 3. The van der Waals surface area contributed by atoms with Gasteiger partial charge >= 0.3 is 5.97 Å². The molecule has 0 saturated heterocycles. The van der Waals surface area contributed by atoms with Gasteiger partial charge < -0.3 is 25.4 Å². The number of carboxylic acid groups (broad SMARTS) is 2. The van der Waals surface area contributed by atoms with Crippen molar-refractivity contribution in [2.75, 3.05) is 5.32 Å². The summed E-state index contributed by atoms with van der Waals surface area (Å²) in [4.78, 5) is 32.1. The van der Waals surface area contributed by atoms with E-state index in [0.29, 0.717) is 0 Å². The highest BCUT2D eigenvalue weighted by Gasteiger charge is 2.07. The zero-order chi connectivity index (χ0) is 13.7. The van der Waals surface area contributed by atoms with Crippen molar-refractivity contribution in [1.29, 1.82) is 0 Å². The molecule has 0 aromatic heterocycles. The average molecular weight is 251 g/mol. The maximum atomic E-state index is 11.3. The van der Waals surface area contributed by atoms with Crippen LogP contribution >= 0.6 is 0 Å². The molecule has 0 bridgehead atoms. The van der Waals surface area contributed by atoms with Crippen molar-refractivity contribution in [3.05, 3.63) is 23.8 Å². The van der Waals surface area contributed by atoms with Crippen molar-refractivity contribution >= 4 is 23.5 Å². The SMILES string of the molecule is O=C([O-])CCC(=O)Nc1ccc([O-])c(C(=O)O)c1. The van der Waals surface area contributed by atoms with Gasteiger partial charge in [-0.3, -0.25) is 4.79 Å². The number of aliphatic carboxylic acids is 1. The second kappa shape index (κ2) is 5.67. The quantitative estimate of drug-likeness (QED) is 0.685. The van der Waals surface area contributed by atoms with E-state index in [0.717, 1.165) is 12.1 Å². The van der Waals surface area contributed by atoms with Crippen LogP contribution in [0.3, 0.4) is 0 Å². The summed E-state index contributed by atoms with van der Waals surface area (Å²) in [5.41, 5.74) is -0.344. The van der Waals surface area contributed by atoms with Gasteiger partial charge in [0.2, 0.25) is 5.91 Å². The first-order valence-corrected chi connectivity index (χ1v) is 4.94. The molecule has 1 aromatic rings. The number of nitrogens with one attached hydrogen (secondary N) is 1. The Balaban J connectivity index is 2.73. The van der Waals surface area contributed by atoms with Gasteiger partial charge in [0, 0.05) is 18.1 Å². The Morgan fingerprint density at radius 2 is 1.89 bits per heavy atom. The Labute approximate surface area is 102 Å². The summed E-state index contributed by atoms with van der Waals surface area (Å²) in [6.07, 6.45) is -0.721. The summed E-state index contributed by atoms with van der Waals surface area (Å²) in [6.45, 7) is 0. The van der Waals surface area contributed by atoms with Crippen molar-refractivity contribution in [3.8, 4) is 5.75 Å². The Hall–Kier alpha value is -2.57. The number of hydrogen-bond acceptors (Lipinski definition) is 5. The molecule has 0 saturated carbocycles. The maximum Gasteiger partial charge on any atom is 0.335 e. The summed E-state index contributed by atoms with van der Waals surface area (Å²) in [5, 5.41) is 32.3. The van der Waals surface area contributed by atoms with E-state index < -0.39 is 35.6 Å². The third-order valence-corrected chi connectivity index (χ3v) is 2.05. The molecule has 1 rings (SSSR count). The Morgan fingerprint density at radius 1 is 1.22 bits per heavy atom. The van der Waals surface area contributed by atoms with Gasteiger partial charge in [0.15, 0.2) is 0 Å². The summed E-state index contributed by atoms with van der Waals surface area (Å²) < 4.78 is 0. The van der Waals surface area contributed by atoms with Gasteiger partial charge in [0.1, 0.15) is 0 Å². The minimum atomic E-state index is -1.40. The topological polar surface area (TPSA) is 130 Å². The highest BCUT2D eigenvalue weighted by Crippen LogP contribution is 2.19. The van der Waals surface area contributed by atoms with E-state index in [1.807, 2.05) is 0 Å². The van der Waals surface area contributed by atoms with E-state index in [2.05, 4.69) is 5.32 Å². The van der Waals surface area contributed by atoms with Crippen molar-refractivity contribution < 1.29 is 29.7 Å². The van der Waals surface area contributed by atoms with Gasteiger partial charge in [-0.05, 0) is 18.6 Å². The van der Waals surface area contributed by atoms with Gasteiger partial charge in [0.05, 0.1) is 5.56 Å². The zero-order valence-electron chi connectivity index (χ0n) is 9.13. The molecule has 0 heterocycles. The molecule has 1 aromatic carbocycles. The lowest BCUT2D eigenvalue weighted by Gasteiger charge is -2.12. The lowest BCUT2D eigenvalue weighted by Crippen LogP contribution is -2.24. The predicted molar refractivity (Wildman–Crippen MR) is 55.7 cm³/mol. The lowest BCUT2D eigenvalue weighted by atomic mass is 10.1. The first-order valence-electron chi connectivity index (χ1n) is 4.94. The molecule has 0 aliphatic heterocycles. The van der Waals surface area contributed by atoms with Gasteiger partial charge in [-0.15, -0.1) is 0 Å². The van der Waals surface area contributed by atoms with Crippen molar-refractivity contribution in [2.45, 2.75) is 12.8 Å². The second-order valence-corrected chi connectivity index (χ2v) is 3.44. The maximum absolute atomic E-state index is 11.3. The molecule has 0 unspecified atom stereocenters. The minimum absolute atomic E-state index is 0.121. The van der Waals surface area contributed by atoms with Crippen LogP contribution in [-0.4, -0.2) is 23.0 Å². The monoisotopic (exact) mass is 251 g/mol. The summed E-state index contributed by atoms with van der Waals surface area (Å²) in [6, 6.07) is 3.27. The van der Waals surface area contributed by atoms with Crippen LogP contribution in [-0.2, 0) is 9.59 Å². The molecule has 0 fully saturated rings. The molecule has 7 heteroatoms. The largest absolute Gasteiger partial charge is 0.872 e. The molecule has 0 aliphatic rings. The van der Waals surface area contributed by atoms with Crippen molar-refractivity contribution in [3.63, 3.8) is 0 Å². The fraction of sp³-hybridized carbons (Fsp3) is 0.182. The number of amides is 1. The average Bonchev–Trinajstić information content (AvgIpc) is 2.28. The van der Waals surface area contributed by atoms with Crippen LogP contribution in [0.5, 0.6) is 5.75 Å². The molecule has 0 atom stereocenters. The van der Waals surface area contributed by atoms with Crippen LogP contribution in [0.2, 0.25) is 0 Å². The number of anilines is 1. The Kier molecular flexibility index (Phi) is 4.25. The third kappa shape index (κ3) is 3.78. The van der Waals surface area contributed by atoms with E-state index >= 15 is 0 Å². The third-order valence-electron chi connectivity index (χ3n) is 2.05. The van der Waals surface area contributed by atoms with E-state index in [4.69, 9.17) is 5.11 Å². The number of carboxylic acids is 2. The first kappa shape index (κ1) is 13.5. The van der Waals surface area contributed by atoms with Crippen LogP contribution in [0, 0.1) is 0 Å². The highest BCUT2D eigenvalue weighted by atomic mass is 16.4. The van der Waals surface area contributed by atoms with E-state index in [9.17, 15) is 24.6 Å². The fourth-order valence-electron chi connectivity index (χ4n) is 1.21. The Morgan fingerprint density at radius 3 is 2.44 bits per heavy atom. The molecule has 0 aliphatic carbocycles. The van der Waals surface area contributed by atoms with Crippen LogP contribution in [0.15, 0.2) is 18.2 Å². The van der Waals surface area contributed by atoms with Gasteiger partial charge in [-0.25, -0.2) is 4.79 Å². The van der Waals surface area contributed by atoms with Crippen LogP contribution in [0.4, 0.5) is 5.69 Å². The van der Waals surface area contributed by atoms with Crippen LogP contribution in [0.1, 0.15) is 23.2 Å². The molecular weight excluding hydrogens is 242 g/mol. The van der Waals surface area contributed by atoms with E-state index in [-0.39, 0.29) is 12.1 Å². The Bertz CT molecular complexity index is 496. The number of hydrogen-bond donors (Lipinski definition) is 2. The number of benzene rings is 1. The molecule has 18 heavy (non-hydrogen) atoms. The van der Waals surface area contributed by atoms with Crippen molar-refractivity contribution in [1.82, 2.24) is 0 Å². The zero-order valence-corrected chi connectivity index (χ0v) is 9.13. The molecule has 1 amide bonds.